The van der Waals surface area contributed by atoms with Gasteiger partial charge in [-0.05, 0) is 56.6 Å². The third-order valence-corrected chi connectivity index (χ3v) is 3.86. The maximum Gasteiger partial charge on any atom is 0.115 e. The number of phenols is 1. The van der Waals surface area contributed by atoms with E-state index in [-0.39, 0.29) is 0 Å². The molecular weight excluding hydrogens is 238 g/mol. The van der Waals surface area contributed by atoms with Crippen LogP contribution in [0.4, 0.5) is 0 Å². The molecule has 4 heteroatoms. The van der Waals surface area contributed by atoms with Gasteiger partial charge in [0.2, 0.25) is 0 Å². The van der Waals surface area contributed by atoms with Crippen molar-refractivity contribution in [1.82, 2.24) is 14.9 Å². The highest BCUT2D eigenvalue weighted by atomic mass is 16.3. The smallest absolute Gasteiger partial charge is 0.115 e. The fourth-order valence-corrected chi connectivity index (χ4v) is 2.84. The molecule has 3 rings (SSSR count). The molecule has 2 heterocycles. The minimum Gasteiger partial charge on any atom is -0.508 e. The second-order valence-corrected chi connectivity index (χ2v) is 5.18. The van der Waals surface area contributed by atoms with Gasteiger partial charge in [0.05, 0.1) is 6.33 Å². The summed E-state index contributed by atoms with van der Waals surface area (Å²) in [6.45, 7) is 4.16. The van der Waals surface area contributed by atoms with Crippen LogP contribution in [0.2, 0.25) is 0 Å². The molecule has 0 bridgehead atoms. The van der Waals surface area contributed by atoms with E-state index < -0.39 is 0 Å². The lowest BCUT2D eigenvalue weighted by molar-refractivity contribution is 0.449. The molecule has 0 aliphatic carbocycles. The lowest BCUT2D eigenvalue weighted by Crippen LogP contribution is -2.27. The molecule has 0 spiro atoms. The van der Waals surface area contributed by atoms with E-state index in [1.54, 1.807) is 12.1 Å². The summed E-state index contributed by atoms with van der Waals surface area (Å²) >= 11 is 0. The zero-order valence-corrected chi connectivity index (χ0v) is 11.1. The summed E-state index contributed by atoms with van der Waals surface area (Å²) < 4.78 is 2.16. The van der Waals surface area contributed by atoms with Gasteiger partial charge in [-0.2, -0.15) is 0 Å². The first-order valence-corrected chi connectivity index (χ1v) is 6.78. The molecule has 1 aromatic carbocycles. The van der Waals surface area contributed by atoms with E-state index >= 15 is 0 Å². The Balaban J connectivity index is 1.99. The number of aryl methyl sites for hydroxylation is 1. The highest BCUT2D eigenvalue weighted by Crippen LogP contribution is 2.28. The first-order valence-electron chi connectivity index (χ1n) is 6.78. The number of benzene rings is 1. The largest absolute Gasteiger partial charge is 0.508 e. The van der Waals surface area contributed by atoms with Crippen LogP contribution < -0.4 is 5.32 Å². The van der Waals surface area contributed by atoms with Gasteiger partial charge >= 0.3 is 0 Å². The topological polar surface area (TPSA) is 50.1 Å². The van der Waals surface area contributed by atoms with Crippen molar-refractivity contribution in [2.24, 2.45) is 0 Å². The van der Waals surface area contributed by atoms with Crippen molar-refractivity contribution in [3.8, 4) is 11.4 Å². The Kier molecular flexibility index (Phi) is 3.25. The van der Waals surface area contributed by atoms with E-state index in [2.05, 4.69) is 14.9 Å². The van der Waals surface area contributed by atoms with Crippen molar-refractivity contribution in [1.29, 1.82) is 0 Å². The predicted molar refractivity (Wildman–Crippen MR) is 74.8 cm³/mol. The van der Waals surface area contributed by atoms with Crippen molar-refractivity contribution in [2.45, 2.75) is 25.7 Å². The summed E-state index contributed by atoms with van der Waals surface area (Å²) in [6.07, 6.45) is 6.16. The minimum absolute atomic E-state index is 0.310. The molecular formula is C15H19N3O. The molecule has 1 aliphatic heterocycles. The van der Waals surface area contributed by atoms with Gasteiger partial charge in [-0.3, -0.25) is 0 Å². The SMILES string of the molecule is Cc1cc(O)ccc1-n1cncc1C1CCNCC1. The number of rotatable bonds is 2. The Bertz CT molecular complexity index is 571. The van der Waals surface area contributed by atoms with Gasteiger partial charge in [-0.1, -0.05) is 0 Å². The number of nitrogens with one attached hydrogen (secondary N) is 1. The zero-order valence-electron chi connectivity index (χ0n) is 11.1. The fourth-order valence-electron chi connectivity index (χ4n) is 2.84. The maximum atomic E-state index is 9.52. The van der Waals surface area contributed by atoms with E-state index in [1.807, 2.05) is 25.5 Å². The van der Waals surface area contributed by atoms with Crippen LogP contribution in [-0.4, -0.2) is 27.7 Å². The number of aromatic hydroxyl groups is 1. The number of aromatic nitrogens is 2. The third kappa shape index (κ3) is 2.36. The summed E-state index contributed by atoms with van der Waals surface area (Å²) in [6, 6.07) is 5.48. The summed E-state index contributed by atoms with van der Waals surface area (Å²) in [7, 11) is 0. The maximum absolute atomic E-state index is 9.52. The first kappa shape index (κ1) is 12.2. The Morgan fingerprint density at radius 2 is 2.11 bits per heavy atom. The van der Waals surface area contributed by atoms with E-state index in [4.69, 9.17) is 0 Å². The van der Waals surface area contributed by atoms with Gasteiger partial charge in [0, 0.05) is 23.5 Å². The van der Waals surface area contributed by atoms with Crippen molar-refractivity contribution in [3.05, 3.63) is 42.0 Å². The monoisotopic (exact) mass is 257 g/mol. The molecule has 1 fully saturated rings. The molecule has 0 amide bonds. The molecule has 0 radical (unpaired) electrons. The Hall–Kier alpha value is -1.81. The summed E-state index contributed by atoms with van der Waals surface area (Å²) in [5.41, 5.74) is 3.44. The van der Waals surface area contributed by atoms with Crippen LogP contribution in [0, 0.1) is 6.92 Å². The van der Waals surface area contributed by atoms with Gasteiger partial charge in [-0.15, -0.1) is 0 Å². The highest BCUT2D eigenvalue weighted by Gasteiger charge is 2.19. The quantitative estimate of drug-likeness (QED) is 0.868. The summed E-state index contributed by atoms with van der Waals surface area (Å²) in [5.74, 6) is 0.877. The molecule has 1 aromatic heterocycles. The molecule has 2 aromatic rings. The molecule has 2 N–H and O–H groups in total. The first-order chi connectivity index (χ1) is 9.25. The molecule has 1 saturated heterocycles. The summed E-state index contributed by atoms with van der Waals surface area (Å²) in [4.78, 5) is 4.32. The van der Waals surface area contributed by atoms with Gasteiger partial charge in [0.1, 0.15) is 5.75 Å². The summed E-state index contributed by atoms with van der Waals surface area (Å²) in [5, 5.41) is 12.9. The van der Waals surface area contributed by atoms with Crippen LogP contribution >= 0.6 is 0 Å². The standard InChI is InChI=1S/C15H19N3O/c1-11-8-13(19)2-3-14(11)18-10-17-9-15(18)12-4-6-16-7-5-12/h2-3,8-10,12,16,19H,4-7H2,1H3. The number of hydrogen-bond acceptors (Lipinski definition) is 3. The molecule has 0 unspecified atom stereocenters. The zero-order chi connectivity index (χ0) is 13.2. The van der Waals surface area contributed by atoms with Gasteiger partial charge < -0.3 is 15.0 Å². The molecule has 19 heavy (non-hydrogen) atoms. The fraction of sp³-hybridized carbons (Fsp3) is 0.400. The number of imidazole rings is 1. The molecule has 4 nitrogen and oxygen atoms in total. The predicted octanol–water partition coefficient (Wildman–Crippen LogP) is 2.35. The highest BCUT2D eigenvalue weighted by molar-refractivity contribution is 5.45. The van der Waals surface area contributed by atoms with Crippen molar-refractivity contribution >= 4 is 0 Å². The third-order valence-electron chi connectivity index (χ3n) is 3.86. The molecule has 0 saturated carbocycles. The van der Waals surface area contributed by atoms with E-state index in [9.17, 15) is 5.11 Å². The lowest BCUT2D eigenvalue weighted by Gasteiger charge is -2.24. The number of phenolic OH excluding ortho intramolecular Hbond substituents is 1. The minimum atomic E-state index is 0.310. The average molecular weight is 257 g/mol. The van der Waals surface area contributed by atoms with Gasteiger partial charge in [-0.25, -0.2) is 4.98 Å². The van der Waals surface area contributed by atoms with Crippen molar-refractivity contribution in [3.63, 3.8) is 0 Å². The van der Waals surface area contributed by atoms with Crippen LogP contribution in [0.5, 0.6) is 5.75 Å². The number of nitrogens with zero attached hydrogens (tertiary/aromatic N) is 2. The van der Waals surface area contributed by atoms with Crippen molar-refractivity contribution < 1.29 is 5.11 Å². The van der Waals surface area contributed by atoms with Crippen LogP contribution in [0.3, 0.4) is 0 Å². The van der Waals surface area contributed by atoms with Crippen molar-refractivity contribution in [2.75, 3.05) is 13.1 Å². The van der Waals surface area contributed by atoms with Gasteiger partial charge in [0.25, 0.3) is 0 Å². The normalized spacial score (nSPS) is 16.7. The molecule has 0 atom stereocenters. The Morgan fingerprint density at radius 3 is 2.84 bits per heavy atom. The Morgan fingerprint density at radius 1 is 1.32 bits per heavy atom. The number of hydrogen-bond donors (Lipinski definition) is 2. The molecule has 1 aliphatic rings. The van der Waals surface area contributed by atoms with Crippen LogP contribution in [-0.2, 0) is 0 Å². The van der Waals surface area contributed by atoms with Crippen LogP contribution in [0.15, 0.2) is 30.7 Å². The van der Waals surface area contributed by atoms with E-state index in [0.717, 1.165) is 37.2 Å². The Labute approximate surface area is 113 Å². The molecule has 100 valence electrons. The van der Waals surface area contributed by atoms with Crippen LogP contribution in [0.1, 0.15) is 30.0 Å². The van der Waals surface area contributed by atoms with Gasteiger partial charge in [0.15, 0.2) is 0 Å². The number of piperidine rings is 1. The second-order valence-electron chi connectivity index (χ2n) is 5.18. The lowest BCUT2D eigenvalue weighted by atomic mass is 9.94. The van der Waals surface area contributed by atoms with Crippen LogP contribution in [0.25, 0.3) is 5.69 Å². The van der Waals surface area contributed by atoms with E-state index in [0.29, 0.717) is 11.7 Å². The second kappa shape index (κ2) is 5.05. The average Bonchev–Trinajstić information content (AvgIpc) is 2.89. The van der Waals surface area contributed by atoms with E-state index in [1.165, 1.54) is 5.69 Å².